The molecule has 2 aromatic heterocycles. The third kappa shape index (κ3) is 4.94. The minimum Gasteiger partial charge on any atom is -0.335 e. The first-order valence-electron chi connectivity index (χ1n) is 11.5. The number of nitrogens with zero attached hydrogens (tertiary/aromatic N) is 4. The maximum atomic E-state index is 12.9. The van der Waals surface area contributed by atoms with Crippen molar-refractivity contribution in [3.63, 3.8) is 0 Å². The van der Waals surface area contributed by atoms with E-state index >= 15 is 0 Å². The van der Waals surface area contributed by atoms with E-state index in [-0.39, 0.29) is 16.6 Å². The number of likely N-dealkylation sites (N-methyl/N-ethyl adjacent to an activating group) is 1. The average molecular weight is 546 g/mol. The van der Waals surface area contributed by atoms with Crippen LogP contribution < -0.4 is 10.2 Å². The number of quaternary nitrogens is 1. The standard InChI is InChI=1S/C24H25ClN6O3S2/c1-16-13-22-27-28-24(31(22)21-8-3-17(25)14-20(16)21)35-15-23(32)26-18-4-6-19(7-5-18)36(33,34)30-11-9-29(2)10-12-30/h3-8,13-14H,9-12,15H2,1-2H3,(H,26,32)/p+1. The van der Waals surface area contributed by atoms with Gasteiger partial charge in [0.1, 0.15) is 0 Å². The fraction of sp³-hybridized carbons (Fsp3) is 0.292. The Bertz CT molecular complexity index is 1550. The van der Waals surface area contributed by atoms with Crippen LogP contribution in [0.2, 0.25) is 5.02 Å². The van der Waals surface area contributed by atoms with E-state index in [9.17, 15) is 13.2 Å². The minimum atomic E-state index is -3.54. The zero-order valence-corrected chi connectivity index (χ0v) is 22.3. The molecule has 9 nitrogen and oxygen atoms in total. The summed E-state index contributed by atoms with van der Waals surface area (Å²) in [6.45, 7) is 4.58. The minimum absolute atomic E-state index is 0.118. The van der Waals surface area contributed by atoms with Crippen LogP contribution in [-0.2, 0) is 14.8 Å². The number of thioether (sulfide) groups is 1. The molecule has 1 aliphatic rings. The van der Waals surface area contributed by atoms with Gasteiger partial charge in [-0.1, -0.05) is 23.4 Å². The van der Waals surface area contributed by atoms with Crippen molar-refractivity contribution in [1.29, 1.82) is 0 Å². The monoisotopic (exact) mass is 545 g/mol. The highest BCUT2D eigenvalue weighted by atomic mass is 35.5. The van der Waals surface area contributed by atoms with Gasteiger partial charge in [-0.25, -0.2) is 8.42 Å². The Labute approximate surface area is 218 Å². The number of aromatic nitrogens is 3. The quantitative estimate of drug-likeness (QED) is 0.360. The van der Waals surface area contributed by atoms with E-state index < -0.39 is 10.0 Å². The van der Waals surface area contributed by atoms with Crippen LogP contribution >= 0.6 is 23.4 Å². The number of carbonyl (C=O) groups is 1. The second-order valence-electron chi connectivity index (χ2n) is 8.89. The normalized spacial score (nSPS) is 15.5. The van der Waals surface area contributed by atoms with Crippen LogP contribution in [0.4, 0.5) is 5.69 Å². The molecular weight excluding hydrogens is 520 g/mol. The van der Waals surface area contributed by atoms with Gasteiger partial charge in [0, 0.05) is 16.1 Å². The second-order valence-corrected chi connectivity index (χ2v) is 12.2. The number of piperazine rings is 1. The Hall–Kier alpha value is -2.70. The van der Waals surface area contributed by atoms with Gasteiger partial charge in [0.05, 0.1) is 49.4 Å². The molecule has 1 amide bonds. The van der Waals surface area contributed by atoms with E-state index in [1.54, 1.807) is 12.1 Å². The van der Waals surface area contributed by atoms with Crippen molar-refractivity contribution in [3.05, 3.63) is 59.1 Å². The molecule has 2 aromatic carbocycles. The summed E-state index contributed by atoms with van der Waals surface area (Å²) in [6.07, 6.45) is 0. The number of rotatable bonds is 6. The predicted molar refractivity (Wildman–Crippen MR) is 141 cm³/mol. The number of hydrogen-bond acceptors (Lipinski definition) is 6. The van der Waals surface area contributed by atoms with E-state index in [1.807, 2.05) is 35.6 Å². The third-order valence-electron chi connectivity index (χ3n) is 6.31. The molecule has 2 N–H and O–H groups in total. The van der Waals surface area contributed by atoms with E-state index in [1.165, 1.54) is 33.1 Å². The van der Waals surface area contributed by atoms with Gasteiger partial charge in [-0.15, -0.1) is 10.2 Å². The Morgan fingerprint density at radius 2 is 1.83 bits per heavy atom. The summed E-state index contributed by atoms with van der Waals surface area (Å²) in [6, 6.07) is 13.9. The highest BCUT2D eigenvalue weighted by Gasteiger charge is 2.29. The first kappa shape index (κ1) is 25.0. The van der Waals surface area contributed by atoms with Crippen LogP contribution in [0.1, 0.15) is 5.56 Å². The van der Waals surface area contributed by atoms with Crippen molar-refractivity contribution in [2.45, 2.75) is 17.0 Å². The molecule has 3 heterocycles. The fourth-order valence-electron chi connectivity index (χ4n) is 4.28. The van der Waals surface area contributed by atoms with Crippen molar-refractivity contribution >= 4 is 61.5 Å². The highest BCUT2D eigenvalue weighted by molar-refractivity contribution is 7.99. The third-order valence-corrected chi connectivity index (χ3v) is 9.39. The molecule has 0 spiro atoms. The molecule has 0 saturated carbocycles. The Kier molecular flexibility index (Phi) is 6.92. The maximum Gasteiger partial charge on any atom is 0.243 e. The summed E-state index contributed by atoms with van der Waals surface area (Å²) in [5.41, 5.74) is 3.19. The predicted octanol–water partition coefficient (Wildman–Crippen LogP) is 2.09. The van der Waals surface area contributed by atoms with Crippen molar-refractivity contribution < 1.29 is 18.1 Å². The fourth-order valence-corrected chi connectivity index (χ4v) is 6.65. The molecule has 1 fully saturated rings. The maximum absolute atomic E-state index is 12.9. The molecule has 12 heteroatoms. The number of fused-ring (bicyclic) bond motifs is 3. The van der Waals surface area contributed by atoms with Crippen LogP contribution in [0.25, 0.3) is 16.6 Å². The van der Waals surface area contributed by atoms with Gasteiger partial charge in [0.2, 0.25) is 15.9 Å². The van der Waals surface area contributed by atoms with Gasteiger partial charge in [0.15, 0.2) is 10.8 Å². The summed E-state index contributed by atoms with van der Waals surface area (Å²) in [5, 5.41) is 13.6. The lowest BCUT2D eigenvalue weighted by atomic mass is 10.1. The summed E-state index contributed by atoms with van der Waals surface area (Å²) < 4.78 is 29.2. The van der Waals surface area contributed by atoms with Gasteiger partial charge >= 0.3 is 0 Å². The van der Waals surface area contributed by atoms with Gasteiger partial charge in [-0.2, -0.15) is 4.31 Å². The second kappa shape index (κ2) is 9.98. The molecule has 0 aliphatic carbocycles. The smallest absolute Gasteiger partial charge is 0.243 e. The molecule has 1 saturated heterocycles. The number of anilines is 1. The molecule has 0 atom stereocenters. The number of amides is 1. The number of pyridine rings is 1. The molecule has 0 radical (unpaired) electrons. The van der Waals surface area contributed by atoms with E-state index in [2.05, 4.69) is 22.6 Å². The largest absolute Gasteiger partial charge is 0.335 e. The lowest BCUT2D eigenvalue weighted by Gasteiger charge is -2.29. The zero-order valence-electron chi connectivity index (χ0n) is 19.9. The van der Waals surface area contributed by atoms with Crippen LogP contribution in [-0.4, -0.2) is 72.2 Å². The highest BCUT2D eigenvalue weighted by Crippen LogP contribution is 2.28. The van der Waals surface area contributed by atoms with Crippen LogP contribution in [0, 0.1) is 6.92 Å². The van der Waals surface area contributed by atoms with Gasteiger partial charge in [-0.05, 0) is 61.0 Å². The van der Waals surface area contributed by atoms with Crippen molar-refractivity contribution in [3.8, 4) is 0 Å². The molecule has 5 rings (SSSR count). The van der Waals surface area contributed by atoms with Crippen molar-refractivity contribution in [2.24, 2.45) is 0 Å². The molecule has 188 valence electrons. The number of halogens is 1. The van der Waals surface area contributed by atoms with Crippen LogP contribution in [0.3, 0.4) is 0 Å². The molecule has 0 unspecified atom stereocenters. The first-order valence-corrected chi connectivity index (χ1v) is 14.3. The van der Waals surface area contributed by atoms with Crippen LogP contribution in [0.5, 0.6) is 0 Å². The Morgan fingerprint density at radius 3 is 2.56 bits per heavy atom. The number of aryl methyl sites for hydroxylation is 1. The van der Waals surface area contributed by atoms with Crippen molar-refractivity contribution in [2.75, 3.05) is 44.3 Å². The Balaban J connectivity index is 1.26. The molecular formula is C24H26ClN6O3S2+. The van der Waals surface area contributed by atoms with Gasteiger partial charge in [-0.3, -0.25) is 9.20 Å². The van der Waals surface area contributed by atoms with E-state index in [0.717, 1.165) is 29.6 Å². The number of hydrogen-bond donors (Lipinski definition) is 2. The molecule has 36 heavy (non-hydrogen) atoms. The Morgan fingerprint density at radius 1 is 1.11 bits per heavy atom. The summed E-state index contributed by atoms with van der Waals surface area (Å²) in [5.74, 6) is -0.109. The van der Waals surface area contributed by atoms with E-state index in [4.69, 9.17) is 11.6 Å². The average Bonchev–Trinajstić information content (AvgIpc) is 3.26. The summed E-state index contributed by atoms with van der Waals surface area (Å²) in [4.78, 5) is 14.2. The lowest BCUT2D eigenvalue weighted by molar-refractivity contribution is -0.883. The number of nitrogens with one attached hydrogen (secondary N) is 2. The SMILES string of the molecule is Cc1cc2nnc(SCC(=O)Nc3ccc(S(=O)(=O)N4CC[NH+](C)CC4)cc3)n2c2ccc(Cl)cc12. The topological polar surface area (TPSA) is 101 Å². The van der Waals surface area contributed by atoms with Crippen molar-refractivity contribution in [1.82, 2.24) is 18.9 Å². The summed E-state index contributed by atoms with van der Waals surface area (Å²) >= 11 is 7.45. The number of carbonyl (C=O) groups excluding carboxylic acids is 1. The first-order chi connectivity index (χ1) is 17.2. The van der Waals surface area contributed by atoms with Crippen LogP contribution in [0.15, 0.2) is 58.6 Å². The van der Waals surface area contributed by atoms with E-state index in [0.29, 0.717) is 34.6 Å². The molecule has 1 aliphatic heterocycles. The van der Waals surface area contributed by atoms with Gasteiger partial charge < -0.3 is 10.2 Å². The number of sulfonamides is 1. The number of benzene rings is 2. The molecule has 4 aromatic rings. The lowest BCUT2D eigenvalue weighted by Crippen LogP contribution is -3.12. The molecule has 0 bridgehead atoms. The summed E-state index contributed by atoms with van der Waals surface area (Å²) in [7, 11) is -1.48. The van der Waals surface area contributed by atoms with Gasteiger partial charge in [0.25, 0.3) is 0 Å². The zero-order chi connectivity index (χ0) is 25.4.